The maximum atomic E-state index is 5.36. The molecule has 0 radical (unpaired) electrons. The maximum absolute atomic E-state index is 5.36. The van der Waals surface area contributed by atoms with Crippen molar-refractivity contribution < 1.29 is 4.74 Å². The van der Waals surface area contributed by atoms with Crippen LogP contribution in [0.1, 0.15) is 68.9 Å². The molecule has 0 amide bonds. The van der Waals surface area contributed by atoms with Crippen LogP contribution in [0.25, 0.3) is 0 Å². The molecule has 2 rings (SSSR count). The molecule has 0 heterocycles. The Hall–Kier alpha value is -1.02. The van der Waals surface area contributed by atoms with Gasteiger partial charge in [0, 0.05) is 6.54 Å². The molecule has 2 heteroatoms. The third-order valence-electron chi connectivity index (χ3n) is 4.65. The first-order valence-corrected chi connectivity index (χ1v) is 8.72. The van der Waals surface area contributed by atoms with E-state index in [1.54, 1.807) is 7.11 Å². The van der Waals surface area contributed by atoms with Crippen molar-refractivity contribution in [2.45, 2.75) is 64.2 Å². The van der Waals surface area contributed by atoms with Crippen LogP contribution in [-0.2, 0) is 6.42 Å². The molecular weight excluding hydrogens is 258 g/mol. The van der Waals surface area contributed by atoms with Gasteiger partial charge in [-0.2, -0.15) is 0 Å². The molecule has 1 unspecified atom stereocenters. The van der Waals surface area contributed by atoms with Crippen LogP contribution in [0, 0.1) is 0 Å². The van der Waals surface area contributed by atoms with Gasteiger partial charge >= 0.3 is 0 Å². The van der Waals surface area contributed by atoms with E-state index in [-0.39, 0.29) is 0 Å². The van der Waals surface area contributed by atoms with E-state index in [2.05, 4.69) is 30.4 Å². The molecule has 0 spiro atoms. The van der Waals surface area contributed by atoms with Gasteiger partial charge in [0.2, 0.25) is 0 Å². The summed E-state index contributed by atoms with van der Waals surface area (Å²) in [6.07, 6.45) is 10.8. The number of hydrogen-bond donors (Lipinski definition) is 1. The number of hydrogen-bond acceptors (Lipinski definition) is 2. The molecule has 1 aromatic rings. The van der Waals surface area contributed by atoms with E-state index < -0.39 is 0 Å². The molecule has 1 aliphatic carbocycles. The minimum atomic E-state index is 0.676. The predicted octanol–water partition coefficient (Wildman–Crippen LogP) is 4.68. The zero-order valence-corrected chi connectivity index (χ0v) is 13.8. The average Bonchev–Trinajstić information content (AvgIpc) is 2.92. The van der Waals surface area contributed by atoms with E-state index in [4.69, 9.17) is 4.74 Å². The first-order chi connectivity index (χ1) is 10.3. The zero-order valence-electron chi connectivity index (χ0n) is 13.8. The second-order valence-corrected chi connectivity index (χ2v) is 6.27. The monoisotopic (exact) mass is 289 g/mol. The molecule has 0 bridgehead atoms. The molecule has 0 saturated carbocycles. The molecule has 0 fully saturated rings. The van der Waals surface area contributed by atoms with Gasteiger partial charge in [-0.05, 0) is 55.0 Å². The standard InChI is InChI=1S/C19H31NO/c1-3-4-5-6-7-8-13-20-15-17-10-9-16-11-12-18(21-2)14-19(16)17/h11-12,14,17,20H,3-10,13,15H2,1-2H3. The Morgan fingerprint density at radius 2 is 1.95 bits per heavy atom. The number of ether oxygens (including phenoxy) is 1. The van der Waals surface area contributed by atoms with Crippen molar-refractivity contribution in [2.75, 3.05) is 20.2 Å². The molecule has 0 aromatic heterocycles. The van der Waals surface area contributed by atoms with Crippen molar-refractivity contribution in [3.8, 4) is 5.75 Å². The fourth-order valence-corrected chi connectivity index (χ4v) is 3.31. The third-order valence-corrected chi connectivity index (χ3v) is 4.65. The summed E-state index contributed by atoms with van der Waals surface area (Å²) >= 11 is 0. The van der Waals surface area contributed by atoms with Crippen LogP contribution in [0.3, 0.4) is 0 Å². The molecule has 0 saturated heterocycles. The van der Waals surface area contributed by atoms with Crippen LogP contribution in [0.15, 0.2) is 18.2 Å². The summed E-state index contributed by atoms with van der Waals surface area (Å²) in [7, 11) is 1.75. The van der Waals surface area contributed by atoms with Gasteiger partial charge in [-0.3, -0.25) is 0 Å². The summed E-state index contributed by atoms with van der Waals surface area (Å²) in [5.41, 5.74) is 3.02. The fourth-order valence-electron chi connectivity index (χ4n) is 3.31. The number of aryl methyl sites for hydroxylation is 1. The number of rotatable bonds is 10. The molecule has 1 atom stereocenters. The van der Waals surface area contributed by atoms with Gasteiger partial charge in [-0.25, -0.2) is 0 Å². The summed E-state index contributed by atoms with van der Waals surface area (Å²) < 4.78 is 5.36. The van der Waals surface area contributed by atoms with E-state index in [0.29, 0.717) is 5.92 Å². The minimum absolute atomic E-state index is 0.676. The van der Waals surface area contributed by atoms with Crippen molar-refractivity contribution >= 4 is 0 Å². The second-order valence-electron chi connectivity index (χ2n) is 6.27. The number of benzene rings is 1. The lowest BCUT2D eigenvalue weighted by Gasteiger charge is -2.13. The highest BCUT2D eigenvalue weighted by atomic mass is 16.5. The molecule has 1 aliphatic rings. The molecule has 1 N–H and O–H groups in total. The van der Waals surface area contributed by atoms with Crippen LogP contribution in [0.5, 0.6) is 5.75 Å². The Bertz CT molecular complexity index is 416. The molecule has 1 aromatic carbocycles. The van der Waals surface area contributed by atoms with Gasteiger partial charge in [0.15, 0.2) is 0 Å². The van der Waals surface area contributed by atoms with E-state index in [0.717, 1.165) is 12.3 Å². The normalized spacial score (nSPS) is 17.0. The van der Waals surface area contributed by atoms with E-state index >= 15 is 0 Å². The van der Waals surface area contributed by atoms with Crippen LogP contribution in [0.4, 0.5) is 0 Å². The lowest BCUT2D eigenvalue weighted by molar-refractivity contribution is 0.414. The summed E-state index contributed by atoms with van der Waals surface area (Å²) in [4.78, 5) is 0. The summed E-state index contributed by atoms with van der Waals surface area (Å²) in [6, 6.07) is 6.56. The lowest BCUT2D eigenvalue weighted by Crippen LogP contribution is -2.21. The highest BCUT2D eigenvalue weighted by Gasteiger charge is 2.22. The van der Waals surface area contributed by atoms with Crippen LogP contribution >= 0.6 is 0 Å². The van der Waals surface area contributed by atoms with Crippen LogP contribution in [0.2, 0.25) is 0 Å². The highest BCUT2D eigenvalue weighted by Crippen LogP contribution is 2.34. The van der Waals surface area contributed by atoms with Gasteiger partial charge in [0.25, 0.3) is 0 Å². The smallest absolute Gasteiger partial charge is 0.119 e. The van der Waals surface area contributed by atoms with Crippen molar-refractivity contribution in [1.82, 2.24) is 5.32 Å². The quantitative estimate of drug-likeness (QED) is 0.632. The number of unbranched alkanes of at least 4 members (excludes halogenated alkanes) is 5. The third kappa shape index (κ3) is 5.03. The Kier molecular flexibility index (Phi) is 7.08. The number of methoxy groups -OCH3 is 1. The van der Waals surface area contributed by atoms with Gasteiger partial charge in [-0.1, -0.05) is 45.1 Å². The van der Waals surface area contributed by atoms with Crippen molar-refractivity contribution in [1.29, 1.82) is 0 Å². The number of nitrogens with one attached hydrogen (secondary N) is 1. The van der Waals surface area contributed by atoms with Crippen molar-refractivity contribution in [2.24, 2.45) is 0 Å². The molecular formula is C19H31NO. The largest absolute Gasteiger partial charge is 0.497 e. The van der Waals surface area contributed by atoms with E-state index in [9.17, 15) is 0 Å². The van der Waals surface area contributed by atoms with Crippen molar-refractivity contribution in [3.05, 3.63) is 29.3 Å². The molecule has 0 aliphatic heterocycles. The molecule has 118 valence electrons. The van der Waals surface area contributed by atoms with Crippen LogP contribution < -0.4 is 10.1 Å². The summed E-state index contributed by atoms with van der Waals surface area (Å²) in [5, 5.41) is 3.66. The Labute approximate surface area is 130 Å². The molecule has 2 nitrogen and oxygen atoms in total. The summed E-state index contributed by atoms with van der Waals surface area (Å²) in [6.45, 7) is 4.56. The topological polar surface area (TPSA) is 21.3 Å². The number of fused-ring (bicyclic) bond motifs is 1. The van der Waals surface area contributed by atoms with Gasteiger partial charge in [-0.15, -0.1) is 0 Å². The first-order valence-electron chi connectivity index (χ1n) is 8.72. The van der Waals surface area contributed by atoms with Gasteiger partial charge in [0.1, 0.15) is 5.75 Å². The Morgan fingerprint density at radius 3 is 2.76 bits per heavy atom. The predicted molar refractivity (Wildman–Crippen MR) is 90.3 cm³/mol. The van der Waals surface area contributed by atoms with Crippen LogP contribution in [-0.4, -0.2) is 20.2 Å². The molecule has 21 heavy (non-hydrogen) atoms. The van der Waals surface area contributed by atoms with E-state index in [1.807, 2.05) is 0 Å². The SMILES string of the molecule is CCCCCCCCNCC1CCc2ccc(OC)cc21. The van der Waals surface area contributed by atoms with Gasteiger partial charge < -0.3 is 10.1 Å². The first kappa shape index (κ1) is 16.4. The van der Waals surface area contributed by atoms with Gasteiger partial charge in [0.05, 0.1) is 7.11 Å². The Morgan fingerprint density at radius 1 is 1.14 bits per heavy atom. The minimum Gasteiger partial charge on any atom is -0.497 e. The fraction of sp³-hybridized carbons (Fsp3) is 0.684. The zero-order chi connectivity index (χ0) is 14.9. The second kappa shape index (κ2) is 9.09. The van der Waals surface area contributed by atoms with E-state index in [1.165, 1.54) is 69.0 Å². The Balaban J connectivity index is 1.65. The lowest BCUT2D eigenvalue weighted by atomic mass is 10.0. The van der Waals surface area contributed by atoms with Crippen molar-refractivity contribution in [3.63, 3.8) is 0 Å². The highest BCUT2D eigenvalue weighted by molar-refractivity contribution is 5.41. The maximum Gasteiger partial charge on any atom is 0.119 e. The average molecular weight is 289 g/mol. The summed E-state index contributed by atoms with van der Waals surface area (Å²) in [5.74, 6) is 1.67.